The lowest BCUT2D eigenvalue weighted by Crippen LogP contribution is -2.02. The normalized spacial score (nSPS) is 10.0. The maximum atomic E-state index is 10.0. The number of nitrogens with two attached hydrogens (primary N) is 2. The molecule has 6 nitrogen and oxygen atoms in total. The molecule has 6 rings (SSSR count). The topological polar surface area (TPSA) is 107 Å². The molecule has 0 bridgehead atoms. The number of aryl methyl sites for hydroxylation is 4. The van der Waals surface area contributed by atoms with Crippen LogP contribution in [0.3, 0.4) is 0 Å². The van der Waals surface area contributed by atoms with E-state index < -0.39 is 0 Å². The van der Waals surface area contributed by atoms with Gasteiger partial charge in [0.25, 0.3) is 0 Å². The Morgan fingerprint density at radius 3 is 1.62 bits per heavy atom. The summed E-state index contributed by atoms with van der Waals surface area (Å²) in [6.45, 7) is 11.1. The van der Waals surface area contributed by atoms with Crippen LogP contribution in [0.25, 0.3) is 22.4 Å². The first-order valence-corrected chi connectivity index (χ1v) is 15.0. The third-order valence-corrected chi connectivity index (χ3v) is 7.21. The van der Waals surface area contributed by atoms with Crippen molar-refractivity contribution in [3.05, 3.63) is 149 Å². The van der Waals surface area contributed by atoms with Gasteiger partial charge >= 0.3 is 0 Å². The van der Waals surface area contributed by atoms with Crippen molar-refractivity contribution in [1.82, 2.24) is 9.55 Å². The molecule has 45 heavy (non-hydrogen) atoms. The number of fused-ring (bicyclic) bond motifs is 1. The van der Waals surface area contributed by atoms with Crippen molar-refractivity contribution in [2.45, 2.75) is 41.2 Å². The zero-order chi connectivity index (χ0) is 32.8. The van der Waals surface area contributed by atoms with Crippen LogP contribution in [0.2, 0.25) is 0 Å². The molecule has 0 radical (unpaired) electrons. The minimum atomic E-state index is 0.250. The summed E-state index contributed by atoms with van der Waals surface area (Å²) in [5, 5.41) is 7.57. The highest BCUT2D eigenvalue weighted by Gasteiger charge is 2.14. The smallest absolute Gasteiger partial charge is 0.150 e. The monoisotopic (exact) mass is 600 g/mol. The van der Waals surface area contributed by atoms with Gasteiger partial charge in [0.15, 0.2) is 0 Å². The number of carbonyl (C=O) groups excluding carboxylic acids is 1. The summed E-state index contributed by atoms with van der Waals surface area (Å²) in [6, 6.07) is 38.3. The Kier molecular flexibility index (Phi) is 13.1. The predicted octanol–water partition coefficient (Wildman–Crippen LogP) is 8.33. The van der Waals surface area contributed by atoms with Crippen molar-refractivity contribution >= 4 is 28.7 Å². The molecule has 0 aliphatic heterocycles. The van der Waals surface area contributed by atoms with Crippen molar-refractivity contribution in [2.75, 3.05) is 18.1 Å². The SMILES string of the molecule is CCO.Cc1cc(N)c(N)cc1C.Cc1cc2nc(-c3ccccc3)n(Cc3ccccc3)c2cc1C.O=Cc1ccccc1. The second-order valence-electron chi connectivity index (χ2n) is 10.7. The third-order valence-electron chi connectivity index (χ3n) is 7.21. The molecule has 5 aromatic carbocycles. The number of nitrogen functional groups attached to an aromatic ring is 2. The van der Waals surface area contributed by atoms with Gasteiger partial charge in [-0.15, -0.1) is 0 Å². The summed E-state index contributed by atoms with van der Waals surface area (Å²) in [5.74, 6) is 1.03. The van der Waals surface area contributed by atoms with Crippen LogP contribution in [0, 0.1) is 27.7 Å². The Balaban J connectivity index is 0.000000216. The van der Waals surface area contributed by atoms with Crippen molar-refractivity contribution in [3.63, 3.8) is 0 Å². The first-order chi connectivity index (χ1) is 21.7. The molecular formula is C39H44N4O2. The van der Waals surface area contributed by atoms with E-state index in [9.17, 15) is 4.79 Å². The second kappa shape index (κ2) is 17.2. The number of aliphatic hydroxyl groups is 1. The molecule has 6 aromatic rings. The van der Waals surface area contributed by atoms with Gasteiger partial charge in [-0.25, -0.2) is 4.98 Å². The highest BCUT2D eigenvalue weighted by Crippen LogP contribution is 2.28. The van der Waals surface area contributed by atoms with Gasteiger partial charge in [0, 0.05) is 24.3 Å². The molecule has 0 aliphatic rings. The van der Waals surface area contributed by atoms with Crippen molar-refractivity contribution in [2.24, 2.45) is 0 Å². The maximum Gasteiger partial charge on any atom is 0.150 e. The fourth-order valence-corrected chi connectivity index (χ4v) is 4.51. The Morgan fingerprint density at radius 1 is 0.689 bits per heavy atom. The largest absolute Gasteiger partial charge is 0.397 e. The van der Waals surface area contributed by atoms with Crippen LogP contribution < -0.4 is 11.5 Å². The lowest BCUT2D eigenvalue weighted by Gasteiger charge is -2.10. The molecule has 1 heterocycles. The predicted molar refractivity (Wildman–Crippen MR) is 190 cm³/mol. The summed E-state index contributed by atoms with van der Waals surface area (Å²) >= 11 is 0. The Hall–Kier alpha value is -5.20. The van der Waals surface area contributed by atoms with Crippen molar-refractivity contribution in [1.29, 1.82) is 0 Å². The van der Waals surface area contributed by atoms with Gasteiger partial charge in [-0.1, -0.05) is 91.0 Å². The van der Waals surface area contributed by atoms with Gasteiger partial charge < -0.3 is 21.1 Å². The fourth-order valence-electron chi connectivity index (χ4n) is 4.51. The van der Waals surface area contributed by atoms with E-state index in [2.05, 4.69) is 85.1 Å². The van der Waals surface area contributed by atoms with E-state index >= 15 is 0 Å². The van der Waals surface area contributed by atoms with Crippen LogP contribution in [0.1, 0.15) is 45.1 Å². The van der Waals surface area contributed by atoms with E-state index in [0.717, 1.165) is 35.3 Å². The molecular weight excluding hydrogens is 556 g/mol. The number of aldehydes is 1. The average molecular weight is 601 g/mol. The minimum absolute atomic E-state index is 0.250. The van der Waals surface area contributed by atoms with E-state index in [0.29, 0.717) is 11.4 Å². The highest BCUT2D eigenvalue weighted by atomic mass is 16.2. The van der Waals surface area contributed by atoms with Gasteiger partial charge in [-0.05, 0) is 86.7 Å². The lowest BCUT2D eigenvalue weighted by atomic mass is 10.1. The van der Waals surface area contributed by atoms with Crippen LogP contribution in [0.4, 0.5) is 11.4 Å². The number of hydrogen-bond acceptors (Lipinski definition) is 5. The summed E-state index contributed by atoms with van der Waals surface area (Å²) in [6.07, 6.45) is 0.833. The molecule has 232 valence electrons. The minimum Gasteiger partial charge on any atom is -0.397 e. The molecule has 0 aliphatic carbocycles. The maximum absolute atomic E-state index is 10.0. The number of rotatable bonds is 4. The molecule has 5 N–H and O–H groups in total. The first kappa shape index (κ1) is 34.3. The molecule has 0 atom stereocenters. The van der Waals surface area contributed by atoms with Crippen LogP contribution in [-0.2, 0) is 6.54 Å². The number of carbonyl (C=O) groups is 1. The van der Waals surface area contributed by atoms with E-state index in [-0.39, 0.29) is 6.61 Å². The lowest BCUT2D eigenvalue weighted by molar-refractivity contribution is 0.112. The number of hydrogen-bond donors (Lipinski definition) is 3. The quantitative estimate of drug-likeness (QED) is 0.139. The van der Waals surface area contributed by atoms with Gasteiger partial charge in [0.05, 0.1) is 22.4 Å². The van der Waals surface area contributed by atoms with Crippen LogP contribution in [0.15, 0.2) is 115 Å². The average Bonchev–Trinajstić information content (AvgIpc) is 3.39. The van der Waals surface area contributed by atoms with E-state index in [1.165, 1.54) is 33.3 Å². The molecule has 6 heteroatoms. The zero-order valence-electron chi connectivity index (χ0n) is 26.9. The molecule has 0 amide bonds. The third kappa shape index (κ3) is 9.91. The van der Waals surface area contributed by atoms with E-state index in [4.69, 9.17) is 21.6 Å². The number of aliphatic hydroxyl groups excluding tert-OH is 1. The Morgan fingerprint density at radius 2 is 1.13 bits per heavy atom. The summed E-state index contributed by atoms with van der Waals surface area (Å²) in [7, 11) is 0. The second-order valence-corrected chi connectivity index (χ2v) is 10.7. The summed E-state index contributed by atoms with van der Waals surface area (Å²) < 4.78 is 2.33. The standard InChI is InChI=1S/C22H20N2.C8H12N2.C7H6O.C2H6O/c1-16-13-20-21(14-17(16)2)24(15-18-9-5-3-6-10-18)22(23-20)19-11-7-4-8-12-19;1-5-3-7(9)8(10)4-6(5)2;8-6-7-4-2-1-3-5-7;1-2-3/h3-14H,15H2,1-2H3;3-4H,9-10H2,1-2H3;1-6H;3H,2H2,1H3. The van der Waals surface area contributed by atoms with Crippen LogP contribution in [-0.4, -0.2) is 27.6 Å². The molecule has 1 aromatic heterocycles. The molecule has 0 saturated heterocycles. The Labute approximate surface area is 267 Å². The molecule has 0 fully saturated rings. The van der Waals surface area contributed by atoms with Crippen LogP contribution in [0.5, 0.6) is 0 Å². The number of imidazole rings is 1. The highest BCUT2D eigenvalue weighted by molar-refractivity contribution is 5.82. The molecule has 0 saturated carbocycles. The number of anilines is 2. The Bertz CT molecular complexity index is 1730. The van der Waals surface area contributed by atoms with E-state index in [1.54, 1.807) is 19.1 Å². The van der Waals surface area contributed by atoms with Crippen LogP contribution >= 0.6 is 0 Å². The van der Waals surface area contributed by atoms with Gasteiger partial charge in [-0.3, -0.25) is 4.79 Å². The number of nitrogens with zero attached hydrogens (tertiary/aromatic N) is 2. The zero-order valence-corrected chi connectivity index (χ0v) is 26.9. The number of benzene rings is 5. The number of aromatic nitrogens is 2. The summed E-state index contributed by atoms with van der Waals surface area (Å²) in [5.41, 5.74) is 22.9. The summed E-state index contributed by atoms with van der Waals surface area (Å²) in [4.78, 5) is 15.0. The van der Waals surface area contributed by atoms with Crippen molar-refractivity contribution in [3.8, 4) is 11.4 Å². The molecule has 0 unspecified atom stereocenters. The first-order valence-electron chi connectivity index (χ1n) is 15.0. The van der Waals surface area contributed by atoms with Gasteiger partial charge in [0.2, 0.25) is 0 Å². The van der Waals surface area contributed by atoms with Gasteiger partial charge in [0.1, 0.15) is 12.1 Å². The fraction of sp³-hybridized carbons (Fsp3) is 0.179. The van der Waals surface area contributed by atoms with E-state index in [1.807, 2.05) is 50.2 Å². The van der Waals surface area contributed by atoms with Gasteiger partial charge in [-0.2, -0.15) is 0 Å². The molecule has 0 spiro atoms. The van der Waals surface area contributed by atoms with Crippen molar-refractivity contribution < 1.29 is 9.90 Å².